The van der Waals surface area contributed by atoms with Crippen LogP contribution in [-0.4, -0.2) is 30.1 Å². The first-order valence-corrected chi connectivity index (χ1v) is 5.72. The van der Waals surface area contributed by atoms with Crippen LogP contribution in [0.1, 0.15) is 24.2 Å². The standard InChI is InChI=1S/C12H12F3NO5/c1-6(2)21-10-4-7(11(17)12(13,14)15)8(16(18)19)5-9(10)20-3/h4-6H,1-3H3. The first kappa shape index (κ1) is 16.7. The number of hydrogen-bond donors (Lipinski definition) is 0. The zero-order valence-corrected chi connectivity index (χ0v) is 11.4. The molecule has 0 N–H and O–H groups in total. The lowest BCUT2D eigenvalue weighted by Gasteiger charge is -2.15. The number of ketones is 1. The second kappa shape index (κ2) is 5.98. The van der Waals surface area contributed by atoms with Gasteiger partial charge in [0.25, 0.3) is 11.5 Å². The van der Waals surface area contributed by atoms with Crippen LogP contribution < -0.4 is 9.47 Å². The molecule has 0 saturated heterocycles. The van der Waals surface area contributed by atoms with E-state index >= 15 is 0 Å². The maximum atomic E-state index is 12.5. The Labute approximate surface area is 117 Å². The maximum absolute atomic E-state index is 12.5. The molecule has 0 aliphatic rings. The van der Waals surface area contributed by atoms with Crippen LogP contribution in [-0.2, 0) is 0 Å². The molecule has 0 saturated carbocycles. The first-order valence-electron chi connectivity index (χ1n) is 5.72. The van der Waals surface area contributed by atoms with E-state index in [1.807, 2.05) is 0 Å². The molecular weight excluding hydrogens is 295 g/mol. The van der Waals surface area contributed by atoms with Crippen molar-refractivity contribution in [1.82, 2.24) is 0 Å². The van der Waals surface area contributed by atoms with Gasteiger partial charge in [-0.05, 0) is 13.8 Å². The zero-order valence-electron chi connectivity index (χ0n) is 11.4. The summed E-state index contributed by atoms with van der Waals surface area (Å²) >= 11 is 0. The van der Waals surface area contributed by atoms with E-state index in [0.717, 1.165) is 6.07 Å². The number of carbonyl (C=O) groups is 1. The number of ether oxygens (including phenoxy) is 2. The number of Topliss-reactive ketones (excluding diaryl/α,β-unsaturated/α-hetero) is 1. The lowest BCUT2D eigenvalue weighted by molar-refractivity contribution is -0.385. The van der Waals surface area contributed by atoms with Gasteiger partial charge in [-0.3, -0.25) is 14.9 Å². The van der Waals surface area contributed by atoms with Crippen LogP contribution in [0.25, 0.3) is 0 Å². The van der Waals surface area contributed by atoms with Crippen molar-refractivity contribution in [1.29, 1.82) is 0 Å². The Morgan fingerprint density at radius 3 is 2.24 bits per heavy atom. The number of nitro benzene ring substituents is 1. The Hall–Kier alpha value is -2.32. The summed E-state index contributed by atoms with van der Waals surface area (Å²) in [6.45, 7) is 3.21. The van der Waals surface area contributed by atoms with E-state index in [9.17, 15) is 28.1 Å². The lowest BCUT2D eigenvalue weighted by Crippen LogP contribution is -2.24. The first-order chi connectivity index (χ1) is 9.57. The van der Waals surface area contributed by atoms with E-state index in [1.54, 1.807) is 13.8 Å². The summed E-state index contributed by atoms with van der Waals surface area (Å²) in [6, 6.07) is 1.41. The van der Waals surface area contributed by atoms with Crippen LogP contribution in [0.2, 0.25) is 0 Å². The van der Waals surface area contributed by atoms with Gasteiger partial charge in [0.1, 0.15) is 5.56 Å². The van der Waals surface area contributed by atoms with Crippen molar-refractivity contribution >= 4 is 11.5 Å². The van der Waals surface area contributed by atoms with Crippen molar-refractivity contribution in [2.45, 2.75) is 26.1 Å². The second-order valence-electron chi connectivity index (χ2n) is 4.27. The molecule has 0 amide bonds. The van der Waals surface area contributed by atoms with Crippen LogP contribution in [0.3, 0.4) is 0 Å². The number of benzene rings is 1. The number of halogens is 3. The molecule has 6 nitrogen and oxygen atoms in total. The molecular formula is C12H12F3NO5. The minimum Gasteiger partial charge on any atom is -0.493 e. The largest absolute Gasteiger partial charge is 0.493 e. The molecule has 116 valence electrons. The van der Waals surface area contributed by atoms with Gasteiger partial charge in [0.2, 0.25) is 0 Å². The van der Waals surface area contributed by atoms with Gasteiger partial charge in [-0.1, -0.05) is 0 Å². The Bertz CT molecular complexity index is 569. The molecule has 0 aliphatic carbocycles. The van der Waals surface area contributed by atoms with Gasteiger partial charge in [-0.25, -0.2) is 0 Å². The summed E-state index contributed by atoms with van der Waals surface area (Å²) in [5.74, 6) is -2.62. The molecule has 0 spiro atoms. The molecule has 21 heavy (non-hydrogen) atoms. The van der Waals surface area contributed by atoms with Crippen LogP contribution in [0.15, 0.2) is 12.1 Å². The Kier molecular flexibility index (Phi) is 4.77. The number of nitro groups is 1. The third-order valence-electron chi connectivity index (χ3n) is 2.34. The number of nitrogens with zero attached hydrogens (tertiary/aromatic N) is 1. The maximum Gasteiger partial charge on any atom is 0.455 e. The van der Waals surface area contributed by atoms with Crippen molar-refractivity contribution in [2.75, 3.05) is 7.11 Å². The summed E-state index contributed by atoms with van der Waals surface area (Å²) in [5, 5.41) is 10.8. The highest BCUT2D eigenvalue weighted by molar-refractivity contribution is 6.04. The summed E-state index contributed by atoms with van der Waals surface area (Å²) in [7, 11) is 1.18. The van der Waals surface area contributed by atoms with Crippen molar-refractivity contribution < 1.29 is 32.4 Å². The molecule has 0 bridgehead atoms. The van der Waals surface area contributed by atoms with Crippen molar-refractivity contribution in [3.63, 3.8) is 0 Å². The van der Waals surface area contributed by atoms with Gasteiger partial charge >= 0.3 is 6.18 Å². The lowest BCUT2D eigenvalue weighted by atomic mass is 10.1. The highest BCUT2D eigenvalue weighted by Crippen LogP contribution is 2.37. The number of carbonyl (C=O) groups excluding carboxylic acids is 1. The smallest absolute Gasteiger partial charge is 0.455 e. The minimum atomic E-state index is -5.23. The molecule has 0 aromatic heterocycles. The quantitative estimate of drug-likeness (QED) is 0.474. The fourth-order valence-corrected chi connectivity index (χ4v) is 1.54. The van der Waals surface area contributed by atoms with Crippen LogP contribution in [0.4, 0.5) is 18.9 Å². The molecule has 1 aromatic rings. The Morgan fingerprint density at radius 1 is 1.29 bits per heavy atom. The molecule has 0 aliphatic heterocycles. The van der Waals surface area contributed by atoms with Gasteiger partial charge < -0.3 is 9.47 Å². The van der Waals surface area contributed by atoms with Crippen molar-refractivity contribution in [3.8, 4) is 11.5 Å². The molecule has 0 heterocycles. The monoisotopic (exact) mass is 307 g/mol. The summed E-state index contributed by atoms with van der Waals surface area (Å²) in [4.78, 5) is 21.1. The van der Waals surface area contributed by atoms with Gasteiger partial charge in [-0.2, -0.15) is 13.2 Å². The molecule has 1 aromatic carbocycles. The summed E-state index contributed by atoms with van der Waals surface area (Å²) < 4.78 is 47.6. The number of rotatable bonds is 5. The van der Waals surface area contributed by atoms with E-state index in [1.165, 1.54) is 7.11 Å². The third kappa shape index (κ3) is 3.83. The number of alkyl halides is 3. The van der Waals surface area contributed by atoms with E-state index in [4.69, 9.17) is 9.47 Å². The number of methoxy groups -OCH3 is 1. The molecule has 0 unspecified atom stereocenters. The Balaban J connectivity index is 3.52. The number of hydrogen-bond acceptors (Lipinski definition) is 5. The van der Waals surface area contributed by atoms with Gasteiger partial charge in [0.15, 0.2) is 11.5 Å². The second-order valence-corrected chi connectivity index (χ2v) is 4.27. The fraction of sp³-hybridized carbons (Fsp3) is 0.417. The van der Waals surface area contributed by atoms with Crippen molar-refractivity contribution in [3.05, 3.63) is 27.8 Å². The van der Waals surface area contributed by atoms with Gasteiger partial charge in [0.05, 0.1) is 24.2 Å². The fourth-order valence-electron chi connectivity index (χ4n) is 1.54. The molecule has 9 heteroatoms. The average Bonchev–Trinajstić information content (AvgIpc) is 2.35. The normalized spacial score (nSPS) is 11.4. The van der Waals surface area contributed by atoms with E-state index < -0.39 is 34.2 Å². The predicted molar refractivity (Wildman–Crippen MR) is 65.8 cm³/mol. The summed E-state index contributed by atoms with van der Waals surface area (Å²) in [5.41, 5.74) is -2.09. The molecule has 0 atom stereocenters. The molecule has 0 fully saturated rings. The summed E-state index contributed by atoms with van der Waals surface area (Å²) in [6.07, 6.45) is -5.65. The van der Waals surface area contributed by atoms with E-state index in [0.29, 0.717) is 6.07 Å². The van der Waals surface area contributed by atoms with Gasteiger partial charge in [0, 0.05) is 6.07 Å². The highest BCUT2D eigenvalue weighted by Gasteiger charge is 2.43. The van der Waals surface area contributed by atoms with Crippen LogP contribution >= 0.6 is 0 Å². The van der Waals surface area contributed by atoms with E-state index in [-0.39, 0.29) is 11.5 Å². The zero-order chi connectivity index (χ0) is 16.4. The minimum absolute atomic E-state index is 0.130. The predicted octanol–water partition coefficient (Wildman–Crippen LogP) is 3.14. The van der Waals surface area contributed by atoms with Crippen LogP contribution in [0, 0.1) is 10.1 Å². The highest BCUT2D eigenvalue weighted by atomic mass is 19.4. The van der Waals surface area contributed by atoms with Crippen LogP contribution in [0.5, 0.6) is 11.5 Å². The van der Waals surface area contributed by atoms with E-state index in [2.05, 4.69) is 0 Å². The SMILES string of the molecule is COc1cc([N+](=O)[O-])c(C(=O)C(F)(F)F)cc1OC(C)C. The Morgan fingerprint density at radius 2 is 1.86 bits per heavy atom. The molecule has 0 radical (unpaired) electrons. The molecule has 1 rings (SSSR count). The third-order valence-corrected chi connectivity index (χ3v) is 2.34. The topological polar surface area (TPSA) is 78.7 Å². The average molecular weight is 307 g/mol. The van der Waals surface area contributed by atoms with Gasteiger partial charge in [-0.15, -0.1) is 0 Å². The van der Waals surface area contributed by atoms with Crippen molar-refractivity contribution in [2.24, 2.45) is 0 Å².